The van der Waals surface area contributed by atoms with E-state index in [1.807, 2.05) is 19.1 Å². The molecule has 0 amide bonds. The van der Waals surface area contributed by atoms with Crippen molar-refractivity contribution in [3.8, 4) is 5.75 Å². The molecule has 2 rings (SSSR count). The van der Waals surface area contributed by atoms with Crippen molar-refractivity contribution >= 4 is 5.97 Å². The SMILES string of the molecule is CCCCCCCCCCCCCCc1cccc(OC(C)CCOC(=O)C(C)CC[N+](C)(C)Cc2ccccc2)c1. The van der Waals surface area contributed by atoms with Crippen LogP contribution in [-0.2, 0) is 22.5 Å². The van der Waals surface area contributed by atoms with E-state index in [9.17, 15) is 4.79 Å². The lowest BCUT2D eigenvalue weighted by Crippen LogP contribution is -2.40. The second-order valence-corrected chi connectivity index (χ2v) is 13.2. The maximum Gasteiger partial charge on any atom is 0.308 e. The molecule has 0 aromatic heterocycles. The number of aryl methyl sites for hydroxylation is 1. The van der Waals surface area contributed by atoms with Crippen LogP contribution in [-0.4, -0.2) is 43.8 Å². The Morgan fingerprint density at radius 3 is 1.98 bits per heavy atom. The Hall–Kier alpha value is -2.33. The molecule has 2 atom stereocenters. The van der Waals surface area contributed by atoms with E-state index in [4.69, 9.17) is 9.47 Å². The fraction of sp³-hybridized carbons (Fsp3) is 0.658. The average molecular weight is 581 g/mol. The summed E-state index contributed by atoms with van der Waals surface area (Å²) in [6.45, 7) is 8.60. The van der Waals surface area contributed by atoms with Gasteiger partial charge in [-0.1, -0.05) is 127 Å². The lowest BCUT2D eigenvalue weighted by atomic mass is 10.0. The number of rotatable bonds is 24. The molecule has 0 radical (unpaired) electrons. The minimum absolute atomic E-state index is 0.00327. The monoisotopic (exact) mass is 580 g/mol. The Bertz CT molecular complexity index is 958. The van der Waals surface area contributed by atoms with Gasteiger partial charge >= 0.3 is 5.97 Å². The number of benzene rings is 2. The summed E-state index contributed by atoms with van der Waals surface area (Å²) in [6.07, 6.45) is 19.1. The third-order valence-electron chi connectivity index (χ3n) is 8.35. The standard InChI is InChI=1S/C38H62NO3/c1-6-7-8-9-10-11-12-13-14-15-16-18-22-35-25-21-26-37(31-35)42-34(3)28-30-41-38(40)33(2)27-29-39(4,5)32-36-23-19-17-20-24-36/h17,19-21,23-26,31,33-34H,6-16,18,22,27-30,32H2,1-5H3/q+1. The molecule has 0 saturated heterocycles. The average Bonchev–Trinajstić information content (AvgIpc) is 2.97. The summed E-state index contributed by atoms with van der Waals surface area (Å²) in [6, 6.07) is 19.1. The minimum Gasteiger partial charge on any atom is -0.491 e. The van der Waals surface area contributed by atoms with Crippen molar-refractivity contribution in [2.45, 2.75) is 130 Å². The van der Waals surface area contributed by atoms with Gasteiger partial charge in [-0.25, -0.2) is 0 Å². The molecule has 2 aromatic carbocycles. The first-order valence-corrected chi connectivity index (χ1v) is 17.1. The number of quaternary nitrogens is 1. The van der Waals surface area contributed by atoms with Crippen LogP contribution in [0.2, 0.25) is 0 Å². The van der Waals surface area contributed by atoms with Gasteiger partial charge in [-0.3, -0.25) is 4.79 Å². The van der Waals surface area contributed by atoms with Gasteiger partial charge in [0.25, 0.3) is 0 Å². The van der Waals surface area contributed by atoms with E-state index in [0.29, 0.717) is 13.0 Å². The predicted octanol–water partition coefficient (Wildman–Crippen LogP) is 9.93. The normalized spacial score (nSPS) is 13.1. The predicted molar refractivity (Wildman–Crippen MR) is 178 cm³/mol. The van der Waals surface area contributed by atoms with Crippen molar-refractivity contribution in [3.63, 3.8) is 0 Å². The van der Waals surface area contributed by atoms with Crippen LogP contribution in [0.5, 0.6) is 5.75 Å². The maximum atomic E-state index is 12.6. The van der Waals surface area contributed by atoms with Crippen molar-refractivity contribution in [2.24, 2.45) is 5.92 Å². The fourth-order valence-corrected chi connectivity index (χ4v) is 5.52. The molecule has 0 N–H and O–H groups in total. The van der Waals surface area contributed by atoms with Crippen molar-refractivity contribution in [3.05, 3.63) is 65.7 Å². The lowest BCUT2D eigenvalue weighted by molar-refractivity contribution is -0.904. The number of esters is 1. The van der Waals surface area contributed by atoms with E-state index in [1.54, 1.807) is 0 Å². The molecule has 0 heterocycles. The first-order valence-electron chi connectivity index (χ1n) is 17.1. The van der Waals surface area contributed by atoms with Crippen molar-refractivity contribution < 1.29 is 18.8 Å². The Kier molecular flexibility index (Phi) is 18.3. The van der Waals surface area contributed by atoms with Crippen LogP contribution in [0.3, 0.4) is 0 Å². The molecule has 0 aliphatic carbocycles. The van der Waals surface area contributed by atoms with Gasteiger partial charge in [0.1, 0.15) is 12.3 Å². The largest absolute Gasteiger partial charge is 0.491 e. The van der Waals surface area contributed by atoms with Crippen molar-refractivity contribution in [1.82, 2.24) is 0 Å². The van der Waals surface area contributed by atoms with Gasteiger partial charge in [0.05, 0.1) is 39.3 Å². The van der Waals surface area contributed by atoms with Crippen molar-refractivity contribution in [1.29, 1.82) is 0 Å². The summed E-state index contributed by atoms with van der Waals surface area (Å²) in [7, 11) is 4.44. The number of carbonyl (C=O) groups excluding carboxylic acids is 1. The smallest absolute Gasteiger partial charge is 0.308 e. The van der Waals surface area contributed by atoms with E-state index in [1.165, 1.54) is 88.2 Å². The summed E-state index contributed by atoms with van der Waals surface area (Å²) < 4.78 is 12.6. The van der Waals surface area contributed by atoms with Gasteiger partial charge in [-0.15, -0.1) is 0 Å². The molecule has 0 aliphatic rings. The van der Waals surface area contributed by atoms with E-state index >= 15 is 0 Å². The number of ether oxygens (including phenoxy) is 2. The Morgan fingerprint density at radius 2 is 1.33 bits per heavy atom. The van der Waals surface area contributed by atoms with Gasteiger partial charge in [-0.2, -0.15) is 0 Å². The summed E-state index contributed by atoms with van der Waals surface area (Å²) in [5.41, 5.74) is 2.67. The quantitative estimate of drug-likeness (QED) is 0.0704. The Morgan fingerprint density at radius 1 is 0.738 bits per heavy atom. The second-order valence-electron chi connectivity index (χ2n) is 13.2. The molecule has 0 saturated carbocycles. The third-order valence-corrected chi connectivity index (χ3v) is 8.35. The molecule has 2 aromatic rings. The summed E-state index contributed by atoms with van der Waals surface area (Å²) in [5.74, 6) is 0.703. The van der Waals surface area contributed by atoms with Gasteiger partial charge in [0, 0.05) is 18.4 Å². The summed E-state index contributed by atoms with van der Waals surface area (Å²) in [5, 5.41) is 0. The first-order chi connectivity index (χ1) is 20.3. The summed E-state index contributed by atoms with van der Waals surface area (Å²) >= 11 is 0. The third kappa shape index (κ3) is 16.9. The van der Waals surface area contributed by atoms with Crippen LogP contribution in [0, 0.1) is 5.92 Å². The van der Waals surface area contributed by atoms with E-state index in [-0.39, 0.29) is 18.0 Å². The zero-order valence-electron chi connectivity index (χ0n) is 27.8. The summed E-state index contributed by atoms with van der Waals surface area (Å²) in [4.78, 5) is 12.6. The van der Waals surface area contributed by atoms with Crippen LogP contribution in [0.25, 0.3) is 0 Å². The van der Waals surface area contributed by atoms with Crippen LogP contribution < -0.4 is 4.74 Å². The van der Waals surface area contributed by atoms with E-state index < -0.39 is 0 Å². The number of carbonyl (C=O) groups is 1. The highest BCUT2D eigenvalue weighted by Crippen LogP contribution is 2.19. The van der Waals surface area contributed by atoms with Crippen LogP contribution >= 0.6 is 0 Å². The zero-order valence-corrected chi connectivity index (χ0v) is 27.8. The van der Waals surface area contributed by atoms with Gasteiger partial charge in [-0.05, 0) is 37.5 Å². The Balaban J connectivity index is 1.55. The fourth-order valence-electron chi connectivity index (χ4n) is 5.52. The topological polar surface area (TPSA) is 35.5 Å². The number of hydrogen-bond acceptors (Lipinski definition) is 3. The van der Waals surface area contributed by atoms with Crippen LogP contribution in [0.4, 0.5) is 0 Å². The highest BCUT2D eigenvalue weighted by molar-refractivity contribution is 5.71. The molecule has 0 aliphatic heterocycles. The minimum atomic E-state index is -0.105. The molecule has 0 spiro atoms. The first kappa shape index (κ1) is 35.9. The molecule has 4 nitrogen and oxygen atoms in total. The zero-order chi connectivity index (χ0) is 30.5. The maximum absolute atomic E-state index is 12.6. The van der Waals surface area contributed by atoms with E-state index in [0.717, 1.165) is 36.2 Å². The molecule has 0 fully saturated rings. The Labute approximate surface area is 258 Å². The number of nitrogens with zero attached hydrogens (tertiary/aromatic N) is 1. The van der Waals surface area contributed by atoms with Crippen LogP contribution in [0.1, 0.15) is 122 Å². The lowest BCUT2D eigenvalue weighted by Gasteiger charge is -2.30. The number of hydrogen-bond donors (Lipinski definition) is 0. The van der Waals surface area contributed by atoms with Crippen molar-refractivity contribution in [2.75, 3.05) is 27.2 Å². The van der Waals surface area contributed by atoms with Gasteiger partial charge in [0.15, 0.2) is 0 Å². The van der Waals surface area contributed by atoms with Gasteiger partial charge < -0.3 is 14.0 Å². The van der Waals surface area contributed by atoms with Crippen LogP contribution in [0.15, 0.2) is 54.6 Å². The van der Waals surface area contributed by atoms with E-state index in [2.05, 4.69) is 70.4 Å². The second kappa shape index (κ2) is 21.4. The molecule has 2 unspecified atom stereocenters. The molecule has 0 bridgehead atoms. The highest BCUT2D eigenvalue weighted by atomic mass is 16.5. The molecule has 42 heavy (non-hydrogen) atoms. The molecular formula is C38H62NO3+. The molecule has 236 valence electrons. The highest BCUT2D eigenvalue weighted by Gasteiger charge is 2.22. The molecule has 4 heteroatoms. The number of unbranched alkanes of at least 4 members (excludes halogenated alkanes) is 11. The molecular weight excluding hydrogens is 518 g/mol. The van der Waals surface area contributed by atoms with Gasteiger partial charge in [0.2, 0.25) is 0 Å².